The molecule has 0 spiro atoms. The number of nitrogens with zero attached hydrogens (tertiary/aromatic N) is 1. The summed E-state index contributed by atoms with van der Waals surface area (Å²) < 4.78 is 5.19. The fraction of sp³-hybridized carbons (Fsp3) is 0.333. The van der Waals surface area contributed by atoms with Crippen molar-refractivity contribution in [2.24, 2.45) is 5.92 Å². The summed E-state index contributed by atoms with van der Waals surface area (Å²) in [6.45, 7) is 3.65. The van der Waals surface area contributed by atoms with Gasteiger partial charge < -0.3 is 15.0 Å². The van der Waals surface area contributed by atoms with Crippen LogP contribution in [0.25, 0.3) is 0 Å². The average molecular weight is 422 g/mol. The smallest absolute Gasteiger partial charge is 0.311 e. The zero-order valence-electron chi connectivity index (χ0n) is 17.7. The summed E-state index contributed by atoms with van der Waals surface area (Å²) in [4.78, 5) is 50.1. The van der Waals surface area contributed by atoms with Crippen molar-refractivity contribution in [3.63, 3.8) is 0 Å². The van der Waals surface area contributed by atoms with Gasteiger partial charge >= 0.3 is 5.97 Å². The van der Waals surface area contributed by atoms with E-state index in [0.717, 1.165) is 12.1 Å². The number of nitrogens with one attached hydrogen (secondary N) is 1. The molecule has 1 aliphatic rings. The third-order valence-electron chi connectivity index (χ3n) is 5.27. The van der Waals surface area contributed by atoms with Crippen LogP contribution in [-0.4, -0.2) is 36.7 Å². The quantitative estimate of drug-likeness (QED) is 0.520. The van der Waals surface area contributed by atoms with E-state index in [2.05, 4.69) is 12.2 Å². The second kappa shape index (κ2) is 10.0. The largest absolute Gasteiger partial charge is 0.457 e. The molecule has 2 aromatic rings. The Morgan fingerprint density at radius 2 is 1.71 bits per heavy atom. The number of anilines is 2. The lowest BCUT2D eigenvalue weighted by molar-refractivity contribution is -0.147. The lowest BCUT2D eigenvalue weighted by atomic mass is 10.1. The topological polar surface area (TPSA) is 92.8 Å². The fourth-order valence-corrected chi connectivity index (χ4v) is 3.35. The van der Waals surface area contributed by atoms with E-state index in [0.29, 0.717) is 17.7 Å². The van der Waals surface area contributed by atoms with Gasteiger partial charge in [0, 0.05) is 36.3 Å². The molecule has 0 radical (unpaired) electrons. The van der Waals surface area contributed by atoms with Crippen LogP contribution in [0.3, 0.4) is 0 Å². The number of esters is 1. The third-order valence-corrected chi connectivity index (χ3v) is 5.27. The Labute approximate surface area is 181 Å². The molecule has 31 heavy (non-hydrogen) atoms. The molecular weight excluding hydrogens is 396 g/mol. The monoisotopic (exact) mass is 422 g/mol. The predicted octanol–water partition coefficient (Wildman–Crippen LogP) is 3.38. The number of ether oxygens (including phenoxy) is 1. The zero-order chi connectivity index (χ0) is 22.4. The molecule has 2 aromatic carbocycles. The lowest BCUT2D eigenvalue weighted by Gasteiger charge is -2.17. The zero-order valence-corrected chi connectivity index (χ0v) is 17.7. The van der Waals surface area contributed by atoms with Crippen molar-refractivity contribution in [3.8, 4) is 0 Å². The van der Waals surface area contributed by atoms with Crippen LogP contribution in [0, 0.1) is 5.92 Å². The molecule has 1 heterocycles. The van der Waals surface area contributed by atoms with Crippen LogP contribution in [0.1, 0.15) is 42.6 Å². The van der Waals surface area contributed by atoms with E-state index in [9.17, 15) is 19.2 Å². The molecule has 0 aliphatic carbocycles. The van der Waals surface area contributed by atoms with Crippen molar-refractivity contribution in [2.45, 2.75) is 33.1 Å². The molecule has 162 valence electrons. The van der Waals surface area contributed by atoms with Gasteiger partial charge in [-0.3, -0.25) is 19.2 Å². The standard InChI is InChI=1S/C24H26N2O5/c1-3-16-5-11-20(12-6-16)26-14-18(13-23(26)29)24(30)31-15-21(27)17-7-9-19(10-8-17)25-22(28)4-2/h5-12,18H,3-4,13-15H2,1-2H3,(H,25,28). The number of rotatable bonds is 8. The second-order valence-corrected chi connectivity index (χ2v) is 7.44. The lowest BCUT2D eigenvalue weighted by Crippen LogP contribution is -2.27. The summed E-state index contributed by atoms with van der Waals surface area (Å²) in [6.07, 6.45) is 1.34. The molecular formula is C24H26N2O5. The highest BCUT2D eigenvalue weighted by atomic mass is 16.5. The highest BCUT2D eigenvalue weighted by Crippen LogP contribution is 2.26. The van der Waals surface area contributed by atoms with Gasteiger partial charge in [0.25, 0.3) is 0 Å². The molecule has 1 atom stereocenters. The minimum Gasteiger partial charge on any atom is -0.457 e. The van der Waals surface area contributed by atoms with Crippen LogP contribution < -0.4 is 10.2 Å². The maximum absolute atomic E-state index is 12.4. The minimum atomic E-state index is -0.599. The number of hydrogen-bond donors (Lipinski definition) is 1. The summed E-state index contributed by atoms with van der Waals surface area (Å²) >= 11 is 0. The number of amides is 2. The van der Waals surface area contributed by atoms with Gasteiger partial charge in [-0.15, -0.1) is 0 Å². The first-order valence-electron chi connectivity index (χ1n) is 10.4. The Morgan fingerprint density at radius 1 is 1.03 bits per heavy atom. The van der Waals surface area contributed by atoms with E-state index in [1.807, 2.05) is 24.3 Å². The second-order valence-electron chi connectivity index (χ2n) is 7.44. The Kier molecular flexibility index (Phi) is 7.18. The van der Waals surface area contributed by atoms with E-state index in [4.69, 9.17) is 4.74 Å². The van der Waals surface area contributed by atoms with Gasteiger partial charge in [0.1, 0.15) is 0 Å². The van der Waals surface area contributed by atoms with Crippen molar-refractivity contribution < 1.29 is 23.9 Å². The maximum Gasteiger partial charge on any atom is 0.311 e. The first-order chi connectivity index (χ1) is 14.9. The number of Topliss-reactive ketones (excluding diaryl/α,β-unsaturated/α-hetero) is 1. The number of carbonyl (C=O) groups excluding carboxylic acids is 4. The van der Waals surface area contributed by atoms with E-state index >= 15 is 0 Å². The van der Waals surface area contributed by atoms with Gasteiger partial charge in [0.15, 0.2) is 12.4 Å². The highest BCUT2D eigenvalue weighted by molar-refractivity contribution is 6.01. The number of carbonyl (C=O) groups is 4. The minimum absolute atomic E-state index is 0.0639. The number of aryl methyl sites for hydroxylation is 1. The SMILES string of the molecule is CCC(=O)Nc1ccc(C(=O)COC(=O)C2CC(=O)N(c3ccc(CC)cc3)C2)cc1. The molecule has 1 saturated heterocycles. The van der Waals surface area contributed by atoms with Crippen LogP contribution in [0.15, 0.2) is 48.5 Å². The molecule has 3 rings (SSSR count). The summed E-state index contributed by atoms with van der Waals surface area (Å²) in [5.41, 5.74) is 2.90. The Bertz CT molecular complexity index is 966. The molecule has 7 heteroatoms. The summed E-state index contributed by atoms with van der Waals surface area (Å²) in [7, 11) is 0. The molecule has 1 N–H and O–H groups in total. The van der Waals surface area contributed by atoms with E-state index in [1.165, 1.54) is 5.56 Å². The Morgan fingerprint density at radius 3 is 2.32 bits per heavy atom. The van der Waals surface area contributed by atoms with Crippen LogP contribution in [0.2, 0.25) is 0 Å². The van der Waals surface area contributed by atoms with Gasteiger partial charge in [-0.25, -0.2) is 0 Å². The summed E-state index contributed by atoms with van der Waals surface area (Å²) in [5.74, 6) is -1.76. The van der Waals surface area contributed by atoms with Gasteiger partial charge in [0.05, 0.1) is 5.92 Å². The van der Waals surface area contributed by atoms with Crippen molar-refractivity contribution in [1.82, 2.24) is 0 Å². The molecule has 2 amide bonds. The highest BCUT2D eigenvalue weighted by Gasteiger charge is 2.36. The van der Waals surface area contributed by atoms with E-state index < -0.39 is 18.5 Å². The van der Waals surface area contributed by atoms with E-state index in [-0.39, 0.29) is 30.6 Å². The summed E-state index contributed by atoms with van der Waals surface area (Å²) in [5, 5.41) is 2.70. The van der Waals surface area contributed by atoms with Crippen LogP contribution in [0.4, 0.5) is 11.4 Å². The Hall–Kier alpha value is -3.48. The maximum atomic E-state index is 12.4. The van der Waals surface area contributed by atoms with Crippen molar-refractivity contribution in [3.05, 3.63) is 59.7 Å². The van der Waals surface area contributed by atoms with Gasteiger partial charge in [0.2, 0.25) is 11.8 Å². The molecule has 0 aromatic heterocycles. The fourth-order valence-electron chi connectivity index (χ4n) is 3.35. The van der Waals surface area contributed by atoms with Gasteiger partial charge in [-0.2, -0.15) is 0 Å². The Balaban J connectivity index is 1.52. The molecule has 1 fully saturated rings. The molecule has 7 nitrogen and oxygen atoms in total. The van der Waals surface area contributed by atoms with Crippen LogP contribution >= 0.6 is 0 Å². The predicted molar refractivity (Wildman–Crippen MR) is 117 cm³/mol. The van der Waals surface area contributed by atoms with Crippen molar-refractivity contribution in [2.75, 3.05) is 23.4 Å². The van der Waals surface area contributed by atoms with Crippen LogP contribution in [-0.2, 0) is 25.5 Å². The number of hydrogen-bond acceptors (Lipinski definition) is 5. The number of benzene rings is 2. The number of ketones is 1. The van der Waals surface area contributed by atoms with Crippen LogP contribution in [0.5, 0.6) is 0 Å². The molecule has 1 aliphatic heterocycles. The molecule has 0 saturated carbocycles. The first-order valence-corrected chi connectivity index (χ1v) is 10.4. The third kappa shape index (κ3) is 5.57. The first kappa shape index (κ1) is 22.2. The van der Waals surface area contributed by atoms with Crippen molar-refractivity contribution >= 4 is 34.9 Å². The molecule has 0 bridgehead atoms. The normalized spacial score (nSPS) is 15.6. The summed E-state index contributed by atoms with van der Waals surface area (Å²) in [6, 6.07) is 14.1. The molecule has 1 unspecified atom stereocenters. The van der Waals surface area contributed by atoms with Gasteiger partial charge in [-0.1, -0.05) is 26.0 Å². The van der Waals surface area contributed by atoms with Crippen molar-refractivity contribution in [1.29, 1.82) is 0 Å². The van der Waals surface area contributed by atoms with Gasteiger partial charge in [-0.05, 0) is 48.4 Å². The average Bonchev–Trinajstić information content (AvgIpc) is 3.19. The van der Waals surface area contributed by atoms with E-state index in [1.54, 1.807) is 36.1 Å².